The summed E-state index contributed by atoms with van der Waals surface area (Å²) < 4.78 is 1.93. The number of ketones is 1. The zero-order valence-electron chi connectivity index (χ0n) is 9.68. The number of imidazole rings is 1. The molecule has 17 heavy (non-hydrogen) atoms. The SMILES string of the molecule is CC(=O)c1ccc(Sc2nccn2C)cc1N. The fraction of sp³-hybridized carbons (Fsp3) is 0.167. The predicted octanol–water partition coefficient (Wildman–Crippen LogP) is 2.36. The van der Waals surface area contributed by atoms with Crippen molar-refractivity contribution in [3.8, 4) is 0 Å². The Kier molecular flexibility index (Phi) is 3.19. The van der Waals surface area contributed by atoms with Crippen molar-refractivity contribution in [3.63, 3.8) is 0 Å². The molecule has 0 atom stereocenters. The monoisotopic (exact) mass is 247 g/mol. The zero-order valence-corrected chi connectivity index (χ0v) is 10.5. The van der Waals surface area contributed by atoms with Gasteiger partial charge in [0.15, 0.2) is 10.9 Å². The number of carbonyl (C=O) groups excluding carboxylic acids is 1. The fourth-order valence-corrected chi connectivity index (χ4v) is 2.33. The van der Waals surface area contributed by atoms with Crippen molar-refractivity contribution < 1.29 is 4.79 Å². The Balaban J connectivity index is 2.27. The number of nitrogens with zero attached hydrogens (tertiary/aromatic N) is 2. The number of rotatable bonds is 3. The summed E-state index contributed by atoms with van der Waals surface area (Å²) in [7, 11) is 1.93. The van der Waals surface area contributed by atoms with E-state index in [0.29, 0.717) is 11.3 Å². The van der Waals surface area contributed by atoms with Gasteiger partial charge in [0, 0.05) is 35.6 Å². The maximum absolute atomic E-state index is 11.2. The maximum atomic E-state index is 11.2. The van der Waals surface area contributed by atoms with Crippen molar-refractivity contribution in [1.82, 2.24) is 9.55 Å². The molecule has 0 unspecified atom stereocenters. The van der Waals surface area contributed by atoms with E-state index in [2.05, 4.69) is 4.98 Å². The molecule has 0 radical (unpaired) electrons. The minimum absolute atomic E-state index is 0.0176. The van der Waals surface area contributed by atoms with E-state index in [1.165, 1.54) is 18.7 Å². The van der Waals surface area contributed by atoms with Gasteiger partial charge in [0.1, 0.15) is 0 Å². The Bertz CT molecular complexity index is 563. The molecular weight excluding hydrogens is 234 g/mol. The lowest BCUT2D eigenvalue weighted by Gasteiger charge is -2.05. The number of aryl methyl sites for hydroxylation is 1. The Labute approximate surface area is 104 Å². The van der Waals surface area contributed by atoms with Gasteiger partial charge in [0.05, 0.1) is 0 Å². The van der Waals surface area contributed by atoms with Crippen LogP contribution in [0.5, 0.6) is 0 Å². The molecule has 0 amide bonds. The molecule has 1 aromatic heterocycles. The van der Waals surface area contributed by atoms with E-state index in [0.717, 1.165) is 10.1 Å². The van der Waals surface area contributed by atoms with Crippen LogP contribution in [0.3, 0.4) is 0 Å². The second-order valence-corrected chi connectivity index (χ2v) is 4.77. The van der Waals surface area contributed by atoms with Gasteiger partial charge in [-0.3, -0.25) is 4.79 Å². The minimum atomic E-state index is -0.0176. The first-order valence-electron chi connectivity index (χ1n) is 5.13. The van der Waals surface area contributed by atoms with E-state index in [4.69, 9.17) is 5.73 Å². The molecule has 0 spiro atoms. The van der Waals surface area contributed by atoms with E-state index in [9.17, 15) is 4.79 Å². The molecule has 0 saturated carbocycles. The lowest BCUT2D eigenvalue weighted by Crippen LogP contribution is -1.99. The number of hydrogen-bond donors (Lipinski definition) is 1. The molecule has 0 fully saturated rings. The highest BCUT2D eigenvalue weighted by atomic mass is 32.2. The molecule has 0 aliphatic carbocycles. The minimum Gasteiger partial charge on any atom is -0.398 e. The second-order valence-electron chi connectivity index (χ2n) is 3.73. The van der Waals surface area contributed by atoms with Gasteiger partial charge in [-0.15, -0.1) is 0 Å². The average molecular weight is 247 g/mol. The average Bonchev–Trinajstić information content (AvgIpc) is 2.64. The van der Waals surface area contributed by atoms with Crippen molar-refractivity contribution in [2.24, 2.45) is 7.05 Å². The molecule has 4 nitrogen and oxygen atoms in total. The molecule has 2 rings (SSSR count). The third kappa shape index (κ3) is 2.50. The third-order valence-electron chi connectivity index (χ3n) is 2.39. The second kappa shape index (κ2) is 4.63. The summed E-state index contributed by atoms with van der Waals surface area (Å²) in [6, 6.07) is 5.44. The number of benzene rings is 1. The van der Waals surface area contributed by atoms with E-state index >= 15 is 0 Å². The molecule has 2 aromatic rings. The van der Waals surface area contributed by atoms with Crippen LogP contribution in [-0.2, 0) is 7.05 Å². The lowest BCUT2D eigenvalue weighted by molar-refractivity contribution is 0.101. The van der Waals surface area contributed by atoms with E-state index in [1.807, 2.05) is 23.9 Å². The fourth-order valence-electron chi connectivity index (χ4n) is 1.48. The topological polar surface area (TPSA) is 60.9 Å². The molecule has 2 N–H and O–H groups in total. The van der Waals surface area contributed by atoms with Gasteiger partial charge in [-0.2, -0.15) is 0 Å². The Morgan fingerprint density at radius 3 is 2.76 bits per heavy atom. The molecule has 5 heteroatoms. The van der Waals surface area contributed by atoms with Gasteiger partial charge in [0.25, 0.3) is 0 Å². The van der Waals surface area contributed by atoms with E-state index < -0.39 is 0 Å². The quantitative estimate of drug-likeness (QED) is 0.668. The number of anilines is 1. The largest absolute Gasteiger partial charge is 0.398 e. The van der Waals surface area contributed by atoms with Crippen LogP contribution >= 0.6 is 11.8 Å². The Morgan fingerprint density at radius 1 is 1.47 bits per heavy atom. The lowest BCUT2D eigenvalue weighted by atomic mass is 10.1. The van der Waals surface area contributed by atoms with Gasteiger partial charge >= 0.3 is 0 Å². The van der Waals surface area contributed by atoms with Gasteiger partial charge in [0.2, 0.25) is 0 Å². The summed E-state index contributed by atoms with van der Waals surface area (Å²) >= 11 is 1.52. The van der Waals surface area contributed by atoms with Gasteiger partial charge in [-0.05, 0) is 25.1 Å². The number of nitrogens with two attached hydrogens (primary N) is 1. The first-order chi connectivity index (χ1) is 8.08. The third-order valence-corrected chi connectivity index (χ3v) is 3.45. The first kappa shape index (κ1) is 11.7. The van der Waals surface area contributed by atoms with Gasteiger partial charge in [-0.1, -0.05) is 11.8 Å². The molecule has 0 aliphatic rings. The molecule has 0 saturated heterocycles. The molecule has 88 valence electrons. The summed E-state index contributed by atoms with van der Waals surface area (Å²) in [6.45, 7) is 1.51. The van der Waals surface area contributed by atoms with Crippen LogP contribution in [0.1, 0.15) is 17.3 Å². The number of carbonyl (C=O) groups is 1. The molecule has 1 heterocycles. The standard InChI is InChI=1S/C12H13N3OS/c1-8(16)10-4-3-9(7-11(10)13)17-12-14-5-6-15(12)2/h3-7H,13H2,1-2H3. The van der Waals surface area contributed by atoms with Crippen LogP contribution in [-0.4, -0.2) is 15.3 Å². The van der Waals surface area contributed by atoms with Crippen LogP contribution in [0.15, 0.2) is 40.6 Å². The van der Waals surface area contributed by atoms with Crippen LogP contribution in [0.25, 0.3) is 0 Å². The number of hydrogen-bond acceptors (Lipinski definition) is 4. The summed E-state index contributed by atoms with van der Waals surface area (Å²) in [6.07, 6.45) is 3.63. The summed E-state index contributed by atoms with van der Waals surface area (Å²) in [4.78, 5) is 16.4. The van der Waals surface area contributed by atoms with Crippen molar-refractivity contribution in [2.45, 2.75) is 17.0 Å². The summed E-state index contributed by atoms with van der Waals surface area (Å²) in [5.41, 5.74) is 6.90. The van der Waals surface area contributed by atoms with Crippen LogP contribution < -0.4 is 5.73 Å². The first-order valence-corrected chi connectivity index (χ1v) is 5.95. The van der Waals surface area contributed by atoms with Crippen molar-refractivity contribution in [1.29, 1.82) is 0 Å². The Hall–Kier alpha value is -1.75. The molecule has 1 aromatic carbocycles. The smallest absolute Gasteiger partial charge is 0.172 e. The van der Waals surface area contributed by atoms with Gasteiger partial charge < -0.3 is 10.3 Å². The molecule has 0 bridgehead atoms. The normalized spacial score (nSPS) is 10.5. The zero-order chi connectivity index (χ0) is 12.4. The van der Waals surface area contributed by atoms with Crippen LogP contribution in [0.4, 0.5) is 5.69 Å². The van der Waals surface area contributed by atoms with Crippen LogP contribution in [0.2, 0.25) is 0 Å². The highest BCUT2D eigenvalue weighted by Crippen LogP contribution is 2.28. The number of Topliss-reactive ketones (excluding diaryl/α,β-unsaturated/α-hetero) is 1. The van der Waals surface area contributed by atoms with E-state index in [-0.39, 0.29) is 5.78 Å². The summed E-state index contributed by atoms with van der Waals surface area (Å²) in [5, 5.41) is 0.889. The van der Waals surface area contributed by atoms with E-state index in [1.54, 1.807) is 18.3 Å². The van der Waals surface area contributed by atoms with Crippen LogP contribution in [0, 0.1) is 0 Å². The summed E-state index contributed by atoms with van der Waals surface area (Å²) in [5.74, 6) is -0.0176. The van der Waals surface area contributed by atoms with Crippen molar-refractivity contribution in [3.05, 3.63) is 36.2 Å². The number of aromatic nitrogens is 2. The highest BCUT2D eigenvalue weighted by Gasteiger charge is 2.07. The highest BCUT2D eigenvalue weighted by molar-refractivity contribution is 7.99. The maximum Gasteiger partial charge on any atom is 0.172 e. The predicted molar refractivity (Wildman–Crippen MR) is 68.2 cm³/mol. The van der Waals surface area contributed by atoms with Gasteiger partial charge in [-0.25, -0.2) is 4.98 Å². The number of nitrogen functional groups attached to an aromatic ring is 1. The Morgan fingerprint density at radius 2 is 2.24 bits per heavy atom. The molecule has 0 aliphatic heterocycles. The van der Waals surface area contributed by atoms with Crippen molar-refractivity contribution >= 4 is 23.2 Å². The molecular formula is C12H13N3OS. The van der Waals surface area contributed by atoms with Crippen molar-refractivity contribution in [2.75, 3.05) is 5.73 Å².